The predicted octanol–water partition coefficient (Wildman–Crippen LogP) is 0.944. The normalized spacial score (nSPS) is 19.2. The molecular weight excluding hydrogens is 238 g/mol. The number of rotatable bonds is 3. The molecular formula is C11H17N3O2S. The molecule has 1 unspecified atom stereocenters. The fraction of sp³-hybridized carbons (Fsp3) is 0.636. The van der Waals surface area contributed by atoms with Gasteiger partial charge in [-0.15, -0.1) is 11.3 Å². The van der Waals surface area contributed by atoms with Crippen molar-refractivity contribution in [1.82, 2.24) is 9.88 Å². The largest absolute Gasteiger partial charge is 0.379 e. The number of thiazole rings is 1. The molecule has 0 spiro atoms. The van der Waals surface area contributed by atoms with E-state index < -0.39 is 5.91 Å². The van der Waals surface area contributed by atoms with E-state index in [1.54, 1.807) is 0 Å². The zero-order valence-electron chi connectivity index (χ0n) is 10.1. The maximum absolute atomic E-state index is 11.1. The van der Waals surface area contributed by atoms with Gasteiger partial charge in [0.1, 0.15) is 0 Å². The second-order valence-electron chi connectivity index (χ2n) is 4.16. The lowest BCUT2D eigenvalue weighted by Crippen LogP contribution is -2.37. The molecule has 1 amide bonds. The van der Waals surface area contributed by atoms with Crippen LogP contribution in [0.1, 0.15) is 33.3 Å². The zero-order valence-corrected chi connectivity index (χ0v) is 10.9. The van der Waals surface area contributed by atoms with Gasteiger partial charge < -0.3 is 10.5 Å². The summed E-state index contributed by atoms with van der Waals surface area (Å²) in [4.78, 5) is 18.8. The van der Waals surface area contributed by atoms with Gasteiger partial charge in [0.25, 0.3) is 5.91 Å². The molecule has 94 valence electrons. The Labute approximate surface area is 105 Å². The first kappa shape index (κ1) is 12.5. The molecule has 1 atom stereocenters. The number of ether oxygens (including phenoxy) is 1. The number of nitrogens with two attached hydrogens (primary N) is 1. The molecule has 1 aliphatic heterocycles. The van der Waals surface area contributed by atoms with E-state index in [0.717, 1.165) is 36.9 Å². The molecule has 2 heterocycles. The summed E-state index contributed by atoms with van der Waals surface area (Å²) in [5, 5.41) is 0.401. The van der Waals surface area contributed by atoms with Crippen molar-refractivity contribution < 1.29 is 9.53 Å². The molecule has 0 radical (unpaired) electrons. The number of hydrogen-bond donors (Lipinski definition) is 1. The van der Waals surface area contributed by atoms with Crippen LogP contribution in [0.5, 0.6) is 0 Å². The molecule has 0 aromatic carbocycles. The zero-order chi connectivity index (χ0) is 12.4. The molecule has 0 bridgehead atoms. The molecule has 2 rings (SSSR count). The van der Waals surface area contributed by atoms with Crippen molar-refractivity contribution in [3.8, 4) is 0 Å². The summed E-state index contributed by atoms with van der Waals surface area (Å²) in [6, 6.07) is 0.268. The van der Waals surface area contributed by atoms with Crippen molar-refractivity contribution in [2.75, 3.05) is 26.3 Å². The molecule has 1 aliphatic rings. The summed E-state index contributed by atoms with van der Waals surface area (Å²) in [5.41, 5.74) is 6.16. The molecule has 1 aromatic rings. The molecule has 2 N–H and O–H groups in total. The van der Waals surface area contributed by atoms with Crippen LogP contribution in [-0.4, -0.2) is 42.1 Å². The van der Waals surface area contributed by atoms with Crippen LogP contribution in [0.25, 0.3) is 0 Å². The molecule has 17 heavy (non-hydrogen) atoms. The number of amides is 1. The van der Waals surface area contributed by atoms with Gasteiger partial charge in [0.15, 0.2) is 5.01 Å². The van der Waals surface area contributed by atoms with E-state index in [0.29, 0.717) is 5.01 Å². The van der Waals surface area contributed by atoms with Gasteiger partial charge in [-0.2, -0.15) is 0 Å². The first-order chi connectivity index (χ1) is 8.09. The molecule has 1 aromatic heterocycles. The Kier molecular flexibility index (Phi) is 3.76. The molecule has 0 saturated carbocycles. The van der Waals surface area contributed by atoms with Crippen LogP contribution in [0, 0.1) is 6.92 Å². The Bertz CT molecular complexity index is 413. The maximum Gasteiger partial charge on any atom is 0.277 e. The first-order valence-electron chi connectivity index (χ1n) is 5.68. The SMILES string of the molecule is Cc1nc(C(N)=O)sc1C(C)N1CCOCC1. The van der Waals surface area contributed by atoms with Gasteiger partial charge in [0, 0.05) is 24.0 Å². The van der Waals surface area contributed by atoms with Crippen LogP contribution >= 0.6 is 11.3 Å². The van der Waals surface area contributed by atoms with E-state index in [9.17, 15) is 4.79 Å². The topological polar surface area (TPSA) is 68.5 Å². The molecule has 1 saturated heterocycles. The van der Waals surface area contributed by atoms with Crippen LogP contribution in [0.15, 0.2) is 0 Å². The fourth-order valence-electron chi connectivity index (χ4n) is 2.03. The summed E-state index contributed by atoms with van der Waals surface area (Å²) in [6.07, 6.45) is 0. The number of aryl methyl sites for hydroxylation is 1. The number of hydrogen-bond acceptors (Lipinski definition) is 5. The molecule has 5 nitrogen and oxygen atoms in total. The van der Waals surface area contributed by atoms with Crippen LogP contribution < -0.4 is 5.73 Å². The van der Waals surface area contributed by atoms with Gasteiger partial charge in [-0.3, -0.25) is 9.69 Å². The van der Waals surface area contributed by atoms with Crippen LogP contribution in [-0.2, 0) is 4.74 Å². The summed E-state index contributed by atoms with van der Waals surface area (Å²) < 4.78 is 5.33. The van der Waals surface area contributed by atoms with E-state index >= 15 is 0 Å². The monoisotopic (exact) mass is 255 g/mol. The lowest BCUT2D eigenvalue weighted by atomic mass is 10.2. The fourth-order valence-corrected chi connectivity index (χ4v) is 3.04. The van der Waals surface area contributed by atoms with Crippen molar-refractivity contribution in [3.05, 3.63) is 15.6 Å². The van der Waals surface area contributed by atoms with Crippen LogP contribution in [0.4, 0.5) is 0 Å². The highest BCUT2D eigenvalue weighted by molar-refractivity contribution is 7.13. The number of aromatic nitrogens is 1. The number of carbonyl (C=O) groups is 1. The lowest BCUT2D eigenvalue weighted by Gasteiger charge is -2.31. The Hall–Kier alpha value is -0.980. The summed E-state index contributed by atoms with van der Waals surface area (Å²) in [7, 11) is 0. The Balaban J connectivity index is 2.17. The van der Waals surface area contributed by atoms with Gasteiger partial charge in [-0.25, -0.2) is 4.98 Å². The molecule has 1 fully saturated rings. The van der Waals surface area contributed by atoms with Gasteiger partial charge >= 0.3 is 0 Å². The van der Waals surface area contributed by atoms with Crippen molar-refractivity contribution in [3.63, 3.8) is 0 Å². The third-order valence-corrected chi connectivity index (χ3v) is 4.36. The highest BCUT2D eigenvalue weighted by Gasteiger charge is 2.23. The third kappa shape index (κ3) is 2.65. The maximum atomic E-state index is 11.1. The highest BCUT2D eigenvalue weighted by atomic mass is 32.1. The van der Waals surface area contributed by atoms with Crippen molar-refractivity contribution in [2.24, 2.45) is 5.73 Å². The average molecular weight is 255 g/mol. The van der Waals surface area contributed by atoms with E-state index in [4.69, 9.17) is 10.5 Å². The predicted molar refractivity (Wildman–Crippen MR) is 66.2 cm³/mol. The Morgan fingerprint density at radius 3 is 2.71 bits per heavy atom. The van der Waals surface area contributed by atoms with E-state index in [1.807, 2.05) is 6.92 Å². The lowest BCUT2D eigenvalue weighted by molar-refractivity contribution is 0.0204. The third-order valence-electron chi connectivity index (χ3n) is 3.02. The summed E-state index contributed by atoms with van der Waals surface area (Å²) >= 11 is 1.40. The van der Waals surface area contributed by atoms with E-state index in [2.05, 4.69) is 16.8 Å². The number of carbonyl (C=O) groups excluding carboxylic acids is 1. The van der Waals surface area contributed by atoms with Crippen LogP contribution in [0.3, 0.4) is 0 Å². The standard InChI is InChI=1S/C11H17N3O2S/c1-7-9(17-11(13-7)10(12)15)8(2)14-3-5-16-6-4-14/h8H,3-6H2,1-2H3,(H2,12,15). The summed E-state index contributed by atoms with van der Waals surface area (Å²) in [5.74, 6) is -0.446. The number of morpholine rings is 1. The Morgan fingerprint density at radius 1 is 1.53 bits per heavy atom. The minimum atomic E-state index is -0.446. The Morgan fingerprint density at radius 2 is 2.18 bits per heavy atom. The van der Waals surface area contributed by atoms with Crippen molar-refractivity contribution in [2.45, 2.75) is 19.9 Å². The number of primary amides is 1. The second kappa shape index (κ2) is 5.12. The number of nitrogens with zero attached hydrogens (tertiary/aromatic N) is 2. The molecule has 6 heteroatoms. The minimum Gasteiger partial charge on any atom is -0.379 e. The quantitative estimate of drug-likeness (QED) is 0.873. The van der Waals surface area contributed by atoms with Gasteiger partial charge in [-0.1, -0.05) is 0 Å². The van der Waals surface area contributed by atoms with Gasteiger partial charge in [-0.05, 0) is 13.8 Å². The second-order valence-corrected chi connectivity index (χ2v) is 5.19. The average Bonchev–Trinajstić information content (AvgIpc) is 2.72. The van der Waals surface area contributed by atoms with E-state index in [1.165, 1.54) is 11.3 Å². The highest BCUT2D eigenvalue weighted by Crippen LogP contribution is 2.29. The van der Waals surface area contributed by atoms with Crippen LogP contribution in [0.2, 0.25) is 0 Å². The van der Waals surface area contributed by atoms with E-state index in [-0.39, 0.29) is 6.04 Å². The summed E-state index contributed by atoms with van der Waals surface area (Å²) in [6.45, 7) is 7.44. The van der Waals surface area contributed by atoms with Gasteiger partial charge in [0.2, 0.25) is 0 Å². The smallest absolute Gasteiger partial charge is 0.277 e. The van der Waals surface area contributed by atoms with Crippen molar-refractivity contribution in [1.29, 1.82) is 0 Å². The molecule has 0 aliphatic carbocycles. The van der Waals surface area contributed by atoms with Gasteiger partial charge in [0.05, 0.1) is 18.9 Å². The minimum absolute atomic E-state index is 0.268. The van der Waals surface area contributed by atoms with Crippen molar-refractivity contribution >= 4 is 17.2 Å². The first-order valence-corrected chi connectivity index (χ1v) is 6.50.